The van der Waals surface area contributed by atoms with Crippen LogP contribution in [-0.4, -0.2) is 101 Å². The summed E-state index contributed by atoms with van der Waals surface area (Å²) in [5.41, 5.74) is 5.25. The van der Waals surface area contributed by atoms with E-state index in [-0.39, 0.29) is 0 Å². The molecule has 0 atom stereocenters. The Bertz CT molecular complexity index is 4770. The van der Waals surface area contributed by atoms with Crippen LogP contribution in [-0.2, 0) is 57.6 Å². The van der Waals surface area contributed by atoms with Crippen LogP contribution in [0.5, 0.6) is 11.5 Å². The number of ether oxygens (including phenoxy) is 2. The molecule has 0 saturated carbocycles. The molecule has 18 nitrogen and oxygen atoms in total. The normalized spacial score (nSPS) is 27.6. The van der Waals surface area contributed by atoms with Gasteiger partial charge in [0.25, 0.3) is 0 Å². The van der Waals surface area contributed by atoms with E-state index in [9.17, 15) is 10.5 Å². The van der Waals surface area contributed by atoms with Crippen molar-refractivity contribution in [3.05, 3.63) is 351 Å². The molecule has 18 rings (SSSR count). The number of nitriles is 2. The van der Waals surface area contributed by atoms with Gasteiger partial charge in [-0.15, -0.1) is 0 Å². The maximum atomic E-state index is 9.45. The monoisotopic (exact) mass is 1680 g/mol. The summed E-state index contributed by atoms with van der Waals surface area (Å²) in [6.45, 7) is 4.98. The van der Waals surface area contributed by atoms with Crippen molar-refractivity contribution in [2.24, 2.45) is 0 Å². The van der Waals surface area contributed by atoms with Crippen LogP contribution in [0.2, 0.25) is 25.2 Å². The van der Waals surface area contributed by atoms with Crippen molar-refractivity contribution in [1.29, 1.82) is 10.5 Å². The minimum absolute atomic E-state index is 0.335. The van der Waals surface area contributed by atoms with Gasteiger partial charge in [-0.05, 0) is 109 Å². The number of rotatable bonds is 24. The second kappa shape index (κ2) is 32.8. The minimum Gasteiger partial charge on any atom is -0.494 e. The Balaban J connectivity index is 0.879. The first-order valence-corrected chi connectivity index (χ1v) is 57.3. The highest BCUT2D eigenvalue weighted by molar-refractivity contribution is 7.12. The Labute approximate surface area is 675 Å². The third-order valence-corrected chi connectivity index (χ3v) is 64.2. The highest BCUT2D eigenvalue weighted by atomic mass is 28.6. The van der Waals surface area contributed by atoms with Crippen LogP contribution in [0.1, 0.15) is 49.7 Å². The predicted molar refractivity (Wildman–Crippen MR) is 455 cm³/mol. The van der Waals surface area contributed by atoms with Gasteiger partial charge in [-0.25, -0.2) is 0 Å². The van der Waals surface area contributed by atoms with Crippen molar-refractivity contribution in [2.45, 2.75) is 63.7 Å². The summed E-state index contributed by atoms with van der Waals surface area (Å²) in [6, 6.07) is 115. The third kappa shape index (κ3) is 15.9. The smallest absolute Gasteiger partial charge is 0.494 e. The zero-order valence-electron chi connectivity index (χ0n) is 62.8. The molecule has 8 bridgehead atoms. The van der Waals surface area contributed by atoms with E-state index in [4.69, 9.17) is 67.1 Å². The SMILES string of the molecule is C[Si]1(CCCCCOc2ccc(-c3ccc(C#N)cc3)cc2)O[Si]2(c3ccccc3)O[Si]3(c4ccccc4)O[Si]4(c5ccccc5)O[Si](C)(CCCCCOc5ccc(-c6ccc(C#N)cc6)cc5)O[Si]5(c6ccccc6)O[Si](c6ccccc6)(O[Si](c6ccccc6)(O1)O[Si](c1ccccc1)(O5)O[Si](c1ccccc1)(O2)O4)O3. The largest absolute Gasteiger partial charge is 0.515 e. The molecule has 6 fully saturated rings. The summed E-state index contributed by atoms with van der Waals surface area (Å²) in [5.74, 6) is 1.47. The topological polar surface area (TPSA) is 195 Å². The second-order valence-electron chi connectivity index (χ2n) is 28.8. The summed E-state index contributed by atoms with van der Waals surface area (Å²) in [7, 11) is -50.2. The molecule has 0 aromatic heterocycles. The van der Waals surface area contributed by atoms with Crippen molar-refractivity contribution in [3.8, 4) is 45.9 Å². The average molecular weight is 1680 g/mol. The van der Waals surface area contributed by atoms with Crippen LogP contribution >= 0.6 is 0 Å². The highest BCUT2D eigenvalue weighted by Gasteiger charge is 2.83. The molecule has 6 heterocycles. The number of benzene rings is 12. The Hall–Kier alpha value is -9.17. The molecule has 6 aliphatic rings. The average Bonchev–Trinajstić information content (AvgIpc) is 0.676. The molecule has 0 amide bonds. The molecule has 12 aromatic rings. The summed E-state index contributed by atoms with van der Waals surface area (Å²) in [6.07, 6.45) is 3.85. The van der Waals surface area contributed by atoms with Crippen LogP contribution < -0.4 is 51.0 Å². The van der Waals surface area contributed by atoms with Crippen LogP contribution in [0.4, 0.5) is 0 Å². The summed E-state index contributed by atoms with van der Waals surface area (Å²) < 4.78 is 135. The van der Waals surface area contributed by atoms with Crippen LogP contribution in [0, 0.1) is 22.7 Å². The van der Waals surface area contributed by atoms with Crippen LogP contribution in [0.15, 0.2) is 340 Å². The first-order chi connectivity index (χ1) is 55.7. The number of nitrogens with zero attached hydrogens (tertiary/aromatic N) is 2. The van der Waals surface area contributed by atoms with Gasteiger partial charge in [-0.3, -0.25) is 0 Å². The summed E-state index contributed by atoms with van der Waals surface area (Å²) in [5, 5.41) is 23.0. The maximum Gasteiger partial charge on any atom is 0.515 e. The standard InChI is InChI=1S/C86H82N2O16Si10/c1-105(67-31-11-29-65-89-77-61-57-75(58-62-77)73-53-49-71(69-87)50-54-73)91-107(79-33-13-3-14-34-79)95-111(83-41-21-7-22-42-83)99-109(81-37-17-5-18-38-81)93-106(2,68-32-12-30-66-90-78-63-59-76(60-64-78)74-55-51-72(70-88)52-56-74)94-110(82-39-19-6-20-40-82)101-113(103-111,85-45-25-9-26-46-85)97-108(92-105,80-35-15-4-16-36-80)98-114(102-110,86-47-27-10-28-48-86)104-112(96-107,100-109)84-43-23-8-24-44-84/h3-10,13-28,33-64H,11-12,29-32,65-68H2,1-2H3. The lowest BCUT2D eigenvalue weighted by atomic mass is 10.0. The van der Waals surface area contributed by atoms with Gasteiger partial charge in [0, 0.05) is 41.5 Å². The first kappa shape index (κ1) is 77.4. The van der Waals surface area contributed by atoms with Crippen molar-refractivity contribution < 1.29 is 67.1 Å². The Morgan fingerprint density at radius 3 is 0.596 bits per heavy atom. The molecular formula is C86H82N2O16Si10. The molecule has 0 aliphatic carbocycles. The fraction of sp³-hybridized carbons (Fsp3) is 0.140. The molecule has 12 aromatic carbocycles. The number of hydrogen-bond acceptors (Lipinski definition) is 18. The van der Waals surface area contributed by atoms with Crippen molar-refractivity contribution in [3.63, 3.8) is 0 Å². The lowest BCUT2D eigenvalue weighted by Crippen LogP contribution is -2.93. The fourth-order valence-corrected chi connectivity index (χ4v) is 71.9. The van der Waals surface area contributed by atoms with Gasteiger partial charge in [0.2, 0.25) is 0 Å². The van der Waals surface area contributed by atoms with Gasteiger partial charge in [0.15, 0.2) is 0 Å². The zero-order valence-corrected chi connectivity index (χ0v) is 72.8. The zero-order chi connectivity index (χ0) is 77.6. The molecule has 6 aliphatic heterocycles. The van der Waals surface area contributed by atoms with Gasteiger partial charge >= 0.3 is 87.6 Å². The minimum atomic E-state index is -5.31. The van der Waals surface area contributed by atoms with Gasteiger partial charge < -0.3 is 67.1 Å². The Kier molecular flexibility index (Phi) is 22.3. The second-order valence-corrected chi connectivity index (χ2v) is 59.3. The third-order valence-electron chi connectivity index (χ3n) is 20.6. The maximum absolute atomic E-state index is 9.45. The molecule has 0 N–H and O–H groups in total. The van der Waals surface area contributed by atoms with Gasteiger partial charge in [-0.1, -0.05) is 317 Å². The van der Waals surface area contributed by atoms with E-state index in [1.165, 1.54) is 0 Å². The highest BCUT2D eigenvalue weighted by Crippen LogP contribution is 2.48. The van der Waals surface area contributed by atoms with Crippen molar-refractivity contribution >= 4 is 129 Å². The molecule has 0 spiro atoms. The molecule has 28 heteroatoms. The molecular weight excluding hydrogens is 1600 g/mol. The van der Waals surface area contributed by atoms with E-state index >= 15 is 0 Å². The summed E-state index contributed by atoms with van der Waals surface area (Å²) >= 11 is 0. The number of unbranched alkanes of at least 4 members (excludes halogenated alkanes) is 4. The van der Waals surface area contributed by atoms with E-state index in [0.29, 0.717) is 116 Å². The van der Waals surface area contributed by atoms with Crippen molar-refractivity contribution in [2.75, 3.05) is 13.2 Å². The van der Waals surface area contributed by atoms with Gasteiger partial charge in [0.1, 0.15) is 11.5 Å². The van der Waals surface area contributed by atoms with Gasteiger partial charge in [-0.2, -0.15) is 10.5 Å². The fourth-order valence-electron chi connectivity index (χ4n) is 15.0. The van der Waals surface area contributed by atoms with Crippen molar-refractivity contribution in [1.82, 2.24) is 0 Å². The molecule has 572 valence electrons. The van der Waals surface area contributed by atoms with Gasteiger partial charge in [0.05, 0.1) is 36.5 Å². The molecule has 114 heavy (non-hydrogen) atoms. The van der Waals surface area contributed by atoms with E-state index in [1.807, 2.05) is 340 Å². The van der Waals surface area contributed by atoms with Crippen LogP contribution in [0.3, 0.4) is 0 Å². The number of fused-ring (bicyclic) bond motifs is 4. The van der Waals surface area contributed by atoms with Crippen LogP contribution in [0.25, 0.3) is 22.3 Å². The van der Waals surface area contributed by atoms with E-state index in [0.717, 1.165) is 33.8 Å². The lowest BCUT2D eigenvalue weighted by molar-refractivity contribution is 0.0252. The quantitative estimate of drug-likeness (QED) is 0.0409. The summed E-state index contributed by atoms with van der Waals surface area (Å²) in [4.78, 5) is 0. The molecule has 0 unspecified atom stereocenters. The molecule has 0 radical (unpaired) electrons. The van der Waals surface area contributed by atoms with E-state index < -0.39 is 87.6 Å². The number of hydrogen-bond donors (Lipinski definition) is 0. The Morgan fingerprint density at radius 1 is 0.219 bits per heavy atom. The van der Waals surface area contributed by atoms with E-state index in [2.05, 4.69) is 25.2 Å². The predicted octanol–water partition coefficient (Wildman–Crippen LogP) is 12.8. The lowest BCUT2D eigenvalue weighted by Gasteiger charge is -2.61. The molecule has 6 saturated heterocycles. The first-order valence-electron chi connectivity index (χ1n) is 38.4. The van der Waals surface area contributed by atoms with E-state index in [1.54, 1.807) is 0 Å². The Morgan fingerprint density at radius 2 is 0.404 bits per heavy atom.